The number of carboxylic acid groups (broad SMARTS) is 1. The summed E-state index contributed by atoms with van der Waals surface area (Å²) in [6.07, 6.45) is 0.629. The first-order chi connectivity index (χ1) is 8.38. The number of rotatable bonds is 6. The van der Waals surface area contributed by atoms with E-state index in [9.17, 15) is 4.79 Å². The number of halogens is 2. The maximum absolute atomic E-state index is 11.1. The van der Waals surface area contributed by atoms with Gasteiger partial charge in [0.25, 0.3) is 0 Å². The topological polar surface area (TPSA) is 49.3 Å². The van der Waals surface area contributed by atoms with E-state index in [1.165, 1.54) is 0 Å². The second kappa shape index (κ2) is 7.26. The van der Waals surface area contributed by atoms with Gasteiger partial charge < -0.3 is 10.4 Å². The molecule has 1 aromatic rings. The molecule has 18 heavy (non-hydrogen) atoms. The molecule has 0 aromatic heterocycles. The SMILES string of the molecule is CC(C)CC(NCc1cc(Br)cc(Br)c1)C(=O)O. The average molecular weight is 379 g/mol. The first-order valence-corrected chi connectivity index (χ1v) is 7.38. The van der Waals surface area contributed by atoms with Crippen LogP contribution in [0.2, 0.25) is 0 Å². The highest BCUT2D eigenvalue weighted by atomic mass is 79.9. The van der Waals surface area contributed by atoms with Gasteiger partial charge >= 0.3 is 5.97 Å². The fourth-order valence-corrected chi connectivity index (χ4v) is 3.09. The van der Waals surface area contributed by atoms with Crippen LogP contribution >= 0.6 is 31.9 Å². The minimum absolute atomic E-state index is 0.354. The number of carboxylic acids is 1. The zero-order chi connectivity index (χ0) is 13.7. The minimum atomic E-state index is -0.794. The van der Waals surface area contributed by atoms with E-state index in [2.05, 4.69) is 37.2 Å². The summed E-state index contributed by atoms with van der Waals surface area (Å²) in [6.45, 7) is 4.59. The Kier molecular flexibility index (Phi) is 6.32. The summed E-state index contributed by atoms with van der Waals surface area (Å²) in [4.78, 5) is 11.1. The van der Waals surface area contributed by atoms with Crippen LogP contribution in [0.4, 0.5) is 0 Å². The predicted octanol–water partition coefficient (Wildman–Crippen LogP) is 3.80. The van der Waals surface area contributed by atoms with Crippen LogP contribution in [0, 0.1) is 5.92 Å². The van der Waals surface area contributed by atoms with Crippen molar-refractivity contribution in [1.29, 1.82) is 0 Å². The van der Waals surface area contributed by atoms with Crippen LogP contribution in [-0.4, -0.2) is 17.1 Å². The van der Waals surface area contributed by atoms with Crippen molar-refractivity contribution in [3.05, 3.63) is 32.7 Å². The van der Waals surface area contributed by atoms with E-state index in [0.29, 0.717) is 18.9 Å². The van der Waals surface area contributed by atoms with Crippen molar-refractivity contribution < 1.29 is 9.90 Å². The molecule has 2 N–H and O–H groups in total. The van der Waals surface area contributed by atoms with Crippen molar-refractivity contribution in [3.8, 4) is 0 Å². The van der Waals surface area contributed by atoms with E-state index < -0.39 is 12.0 Å². The van der Waals surface area contributed by atoms with Gasteiger partial charge in [-0.15, -0.1) is 0 Å². The Balaban J connectivity index is 2.63. The van der Waals surface area contributed by atoms with Crippen LogP contribution in [0.5, 0.6) is 0 Å². The highest BCUT2D eigenvalue weighted by Crippen LogP contribution is 2.20. The lowest BCUT2D eigenvalue weighted by Crippen LogP contribution is -2.37. The summed E-state index contributed by atoms with van der Waals surface area (Å²) >= 11 is 6.83. The fourth-order valence-electron chi connectivity index (χ4n) is 1.70. The summed E-state index contributed by atoms with van der Waals surface area (Å²) in [5.74, 6) is -0.439. The van der Waals surface area contributed by atoms with Crippen LogP contribution in [0.15, 0.2) is 27.1 Å². The van der Waals surface area contributed by atoms with Gasteiger partial charge in [-0.2, -0.15) is 0 Å². The lowest BCUT2D eigenvalue weighted by molar-refractivity contribution is -0.140. The molecule has 0 saturated heterocycles. The third-order valence-corrected chi connectivity index (χ3v) is 3.40. The minimum Gasteiger partial charge on any atom is -0.480 e. The molecule has 5 heteroatoms. The maximum atomic E-state index is 11.1. The highest BCUT2D eigenvalue weighted by molar-refractivity contribution is 9.11. The lowest BCUT2D eigenvalue weighted by atomic mass is 10.0. The summed E-state index contributed by atoms with van der Waals surface area (Å²) in [6, 6.07) is 5.41. The third-order valence-electron chi connectivity index (χ3n) is 2.48. The average Bonchev–Trinajstić information content (AvgIpc) is 2.21. The van der Waals surface area contributed by atoms with Gasteiger partial charge in [0.05, 0.1) is 0 Å². The van der Waals surface area contributed by atoms with E-state index in [1.54, 1.807) is 0 Å². The van der Waals surface area contributed by atoms with Gasteiger partial charge in [0.15, 0.2) is 0 Å². The predicted molar refractivity (Wildman–Crippen MR) is 79.6 cm³/mol. The normalized spacial score (nSPS) is 12.7. The molecule has 1 rings (SSSR count). The second-order valence-corrected chi connectivity index (χ2v) is 6.51. The zero-order valence-corrected chi connectivity index (χ0v) is 13.6. The fraction of sp³-hybridized carbons (Fsp3) is 0.462. The lowest BCUT2D eigenvalue weighted by Gasteiger charge is -2.16. The monoisotopic (exact) mass is 377 g/mol. The molecule has 0 aliphatic rings. The number of nitrogens with one attached hydrogen (secondary N) is 1. The van der Waals surface area contributed by atoms with Gasteiger partial charge in [-0.05, 0) is 36.1 Å². The summed E-state index contributed by atoms with van der Waals surface area (Å²) in [5.41, 5.74) is 1.05. The molecule has 3 nitrogen and oxygen atoms in total. The van der Waals surface area contributed by atoms with Crippen LogP contribution in [0.3, 0.4) is 0 Å². The van der Waals surface area contributed by atoms with Gasteiger partial charge in [-0.3, -0.25) is 4.79 Å². The first kappa shape index (κ1) is 15.7. The van der Waals surface area contributed by atoms with Crippen LogP contribution in [0.1, 0.15) is 25.8 Å². The van der Waals surface area contributed by atoms with Gasteiger partial charge in [0.2, 0.25) is 0 Å². The molecule has 0 radical (unpaired) electrons. The largest absolute Gasteiger partial charge is 0.480 e. The molecule has 0 bridgehead atoms. The van der Waals surface area contributed by atoms with Crippen LogP contribution < -0.4 is 5.32 Å². The highest BCUT2D eigenvalue weighted by Gasteiger charge is 2.17. The molecule has 1 unspecified atom stereocenters. The molecule has 1 atom stereocenters. The van der Waals surface area contributed by atoms with Crippen LogP contribution in [0.25, 0.3) is 0 Å². The Morgan fingerprint density at radius 2 is 1.83 bits per heavy atom. The van der Waals surface area contributed by atoms with Crippen LogP contribution in [-0.2, 0) is 11.3 Å². The molecular weight excluding hydrogens is 362 g/mol. The maximum Gasteiger partial charge on any atom is 0.320 e. The van der Waals surface area contributed by atoms with E-state index in [0.717, 1.165) is 14.5 Å². The van der Waals surface area contributed by atoms with Gasteiger partial charge in [0.1, 0.15) is 6.04 Å². The first-order valence-electron chi connectivity index (χ1n) is 5.79. The van der Waals surface area contributed by atoms with Crippen molar-refractivity contribution in [2.75, 3.05) is 0 Å². The Labute approximate surface area is 124 Å². The molecular formula is C13H17Br2NO2. The van der Waals surface area contributed by atoms with E-state index in [4.69, 9.17) is 5.11 Å². The molecule has 0 aliphatic heterocycles. The van der Waals surface area contributed by atoms with E-state index in [-0.39, 0.29) is 0 Å². The molecule has 0 fully saturated rings. The number of carbonyl (C=O) groups is 1. The van der Waals surface area contributed by atoms with Gasteiger partial charge in [-0.1, -0.05) is 45.7 Å². The number of aliphatic carboxylic acids is 1. The molecule has 100 valence electrons. The zero-order valence-electron chi connectivity index (χ0n) is 10.4. The molecule has 0 spiro atoms. The molecule has 0 saturated carbocycles. The summed E-state index contributed by atoms with van der Waals surface area (Å²) in [5, 5.41) is 12.2. The number of benzene rings is 1. The van der Waals surface area contributed by atoms with Crippen molar-refractivity contribution in [2.45, 2.75) is 32.9 Å². The van der Waals surface area contributed by atoms with Crippen molar-refractivity contribution in [2.24, 2.45) is 5.92 Å². The molecule has 0 heterocycles. The van der Waals surface area contributed by atoms with Gasteiger partial charge in [-0.25, -0.2) is 0 Å². The standard InChI is InChI=1S/C13H17Br2NO2/c1-8(2)3-12(13(17)18)16-7-9-4-10(14)6-11(15)5-9/h4-6,8,12,16H,3,7H2,1-2H3,(H,17,18). The third kappa shape index (κ3) is 5.50. The number of hydrogen-bond acceptors (Lipinski definition) is 2. The summed E-state index contributed by atoms with van der Waals surface area (Å²) < 4.78 is 1.95. The quantitative estimate of drug-likeness (QED) is 0.791. The molecule has 0 amide bonds. The second-order valence-electron chi connectivity index (χ2n) is 4.68. The summed E-state index contributed by atoms with van der Waals surface area (Å²) in [7, 11) is 0. The smallest absolute Gasteiger partial charge is 0.320 e. The number of hydrogen-bond donors (Lipinski definition) is 2. The Hall–Kier alpha value is -0.390. The van der Waals surface area contributed by atoms with Crippen molar-refractivity contribution in [1.82, 2.24) is 5.32 Å². The van der Waals surface area contributed by atoms with E-state index >= 15 is 0 Å². The van der Waals surface area contributed by atoms with Crippen molar-refractivity contribution in [3.63, 3.8) is 0 Å². The van der Waals surface area contributed by atoms with E-state index in [1.807, 2.05) is 32.0 Å². The Morgan fingerprint density at radius 3 is 2.28 bits per heavy atom. The molecule has 1 aromatic carbocycles. The Bertz CT molecular complexity index is 401. The van der Waals surface area contributed by atoms with Gasteiger partial charge in [0, 0.05) is 15.5 Å². The Morgan fingerprint density at radius 1 is 1.28 bits per heavy atom. The molecule has 0 aliphatic carbocycles. The van der Waals surface area contributed by atoms with Crippen molar-refractivity contribution >= 4 is 37.8 Å².